The van der Waals surface area contributed by atoms with Crippen molar-refractivity contribution in [1.82, 2.24) is 14.3 Å². The highest BCUT2D eigenvalue weighted by atomic mass is 32.2. The van der Waals surface area contributed by atoms with Gasteiger partial charge in [-0.25, -0.2) is 13.2 Å². The van der Waals surface area contributed by atoms with E-state index in [0.29, 0.717) is 43.2 Å². The topological polar surface area (TPSA) is 104 Å². The Morgan fingerprint density at radius 2 is 1.62 bits per heavy atom. The predicted octanol–water partition coefficient (Wildman–Crippen LogP) is 4.23. The molecule has 0 unspecified atom stereocenters. The molecule has 3 aromatic carbocycles. The van der Waals surface area contributed by atoms with E-state index in [0.717, 1.165) is 16.6 Å². The summed E-state index contributed by atoms with van der Waals surface area (Å²) in [7, 11) is -2.10. The molecule has 8 nitrogen and oxygen atoms in total. The summed E-state index contributed by atoms with van der Waals surface area (Å²) in [5, 5.41) is 0. The smallest absolute Gasteiger partial charge is 0.323 e. The summed E-state index contributed by atoms with van der Waals surface area (Å²) in [6, 6.07) is 19.6. The number of fused-ring (bicyclic) bond motifs is 1. The summed E-state index contributed by atoms with van der Waals surface area (Å²) in [6.07, 6.45) is 1.41. The third kappa shape index (κ3) is 4.32. The monoisotopic (exact) mass is 479 g/mol. The SMILES string of the molecule is COc1ccccc1Oc1cccc(S(=O)(=O)N2CCC(c3ccc4[nH]c(=O)[nH]c4c3)CC2)c1. The van der Waals surface area contributed by atoms with Gasteiger partial charge < -0.3 is 19.4 Å². The molecule has 1 aliphatic heterocycles. The van der Waals surface area contributed by atoms with Crippen LogP contribution in [-0.2, 0) is 10.0 Å². The van der Waals surface area contributed by atoms with Gasteiger partial charge >= 0.3 is 5.69 Å². The number of benzene rings is 3. The van der Waals surface area contributed by atoms with E-state index in [2.05, 4.69) is 9.97 Å². The molecule has 0 aliphatic carbocycles. The van der Waals surface area contributed by atoms with Gasteiger partial charge in [0.2, 0.25) is 10.0 Å². The fourth-order valence-corrected chi connectivity index (χ4v) is 5.92. The fraction of sp³-hybridized carbons (Fsp3) is 0.240. The zero-order valence-electron chi connectivity index (χ0n) is 18.7. The van der Waals surface area contributed by atoms with Crippen LogP contribution in [0.3, 0.4) is 0 Å². The highest BCUT2D eigenvalue weighted by Gasteiger charge is 2.30. The maximum Gasteiger partial charge on any atom is 0.323 e. The molecule has 0 bridgehead atoms. The van der Waals surface area contributed by atoms with Gasteiger partial charge in [0.25, 0.3) is 0 Å². The van der Waals surface area contributed by atoms with Crippen molar-refractivity contribution in [2.75, 3.05) is 20.2 Å². The number of nitrogens with one attached hydrogen (secondary N) is 2. The van der Waals surface area contributed by atoms with Crippen molar-refractivity contribution in [2.24, 2.45) is 0 Å². The van der Waals surface area contributed by atoms with Crippen LogP contribution in [0.4, 0.5) is 0 Å². The third-order valence-electron chi connectivity index (χ3n) is 6.21. The Morgan fingerprint density at radius 1 is 0.882 bits per heavy atom. The maximum atomic E-state index is 13.3. The lowest BCUT2D eigenvalue weighted by Gasteiger charge is -2.31. The summed E-state index contributed by atoms with van der Waals surface area (Å²) >= 11 is 0. The van der Waals surface area contributed by atoms with E-state index in [1.54, 1.807) is 43.5 Å². The molecule has 1 fully saturated rings. The van der Waals surface area contributed by atoms with Crippen molar-refractivity contribution in [3.05, 3.63) is 82.8 Å². The molecule has 0 spiro atoms. The minimum atomic E-state index is -3.66. The molecule has 0 atom stereocenters. The van der Waals surface area contributed by atoms with Crippen molar-refractivity contribution < 1.29 is 17.9 Å². The standard InChI is InChI=1S/C25H25N3O5S/c1-32-23-7-2-3-8-24(23)33-19-5-4-6-20(16-19)34(30,31)28-13-11-17(12-14-28)18-9-10-21-22(15-18)27-25(29)26-21/h2-10,15-17H,11-14H2,1H3,(H2,26,27,29). The number of imidazole rings is 1. The van der Waals surface area contributed by atoms with Crippen LogP contribution in [0.15, 0.2) is 76.4 Å². The van der Waals surface area contributed by atoms with Crippen LogP contribution in [0.5, 0.6) is 17.2 Å². The van der Waals surface area contributed by atoms with Crippen LogP contribution < -0.4 is 15.2 Å². The van der Waals surface area contributed by atoms with E-state index < -0.39 is 10.0 Å². The number of ether oxygens (including phenoxy) is 2. The molecule has 9 heteroatoms. The van der Waals surface area contributed by atoms with Gasteiger partial charge in [-0.15, -0.1) is 0 Å². The number of para-hydroxylation sites is 2. The highest BCUT2D eigenvalue weighted by molar-refractivity contribution is 7.89. The number of hydrogen-bond acceptors (Lipinski definition) is 5. The minimum absolute atomic E-state index is 0.199. The molecule has 176 valence electrons. The summed E-state index contributed by atoms with van der Waals surface area (Å²) in [5.41, 5.74) is 2.41. The lowest BCUT2D eigenvalue weighted by Crippen LogP contribution is -2.37. The van der Waals surface area contributed by atoms with Crippen LogP contribution in [0.1, 0.15) is 24.3 Å². The first-order valence-electron chi connectivity index (χ1n) is 11.1. The van der Waals surface area contributed by atoms with Crippen LogP contribution >= 0.6 is 0 Å². The molecule has 2 heterocycles. The van der Waals surface area contributed by atoms with Crippen molar-refractivity contribution in [1.29, 1.82) is 0 Å². The quantitative estimate of drug-likeness (QED) is 0.431. The number of sulfonamides is 1. The molecule has 0 radical (unpaired) electrons. The molecule has 5 rings (SSSR count). The maximum absolute atomic E-state index is 13.3. The van der Waals surface area contributed by atoms with E-state index in [9.17, 15) is 13.2 Å². The fourth-order valence-electron chi connectivity index (χ4n) is 4.41. The first kappa shape index (κ1) is 22.2. The Labute approximate surface area is 197 Å². The van der Waals surface area contributed by atoms with Gasteiger partial charge in [0.1, 0.15) is 5.75 Å². The van der Waals surface area contributed by atoms with E-state index in [-0.39, 0.29) is 16.5 Å². The van der Waals surface area contributed by atoms with Crippen LogP contribution in [0, 0.1) is 0 Å². The summed E-state index contributed by atoms with van der Waals surface area (Å²) in [4.78, 5) is 17.3. The summed E-state index contributed by atoms with van der Waals surface area (Å²) < 4.78 is 39.4. The van der Waals surface area contributed by atoms with Gasteiger partial charge in [-0.2, -0.15) is 4.31 Å². The van der Waals surface area contributed by atoms with Gasteiger partial charge in [-0.05, 0) is 60.7 Å². The first-order chi connectivity index (χ1) is 16.4. The lowest BCUT2D eigenvalue weighted by atomic mass is 9.90. The van der Waals surface area contributed by atoms with Crippen molar-refractivity contribution in [2.45, 2.75) is 23.7 Å². The summed E-state index contributed by atoms with van der Waals surface area (Å²) in [6.45, 7) is 0.846. The summed E-state index contributed by atoms with van der Waals surface area (Å²) in [5.74, 6) is 1.74. The predicted molar refractivity (Wildman–Crippen MR) is 129 cm³/mol. The van der Waals surface area contributed by atoms with Gasteiger partial charge in [0.15, 0.2) is 11.5 Å². The normalized spacial score (nSPS) is 15.4. The van der Waals surface area contributed by atoms with E-state index >= 15 is 0 Å². The second-order valence-electron chi connectivity index (χ2n) is 8.29. The zero-order valence-corrected chi connectivity index (χ0v) is 19.5. The van der Waals surface area contributed by atoms with E-state index in [4.69, 9.17) is 9.47 Å². The Bertz CT molecular complexity index is 1480. The van der Waals surface area contributed by atoms with Crippen molar-refractivity contribution in [3.63, 3.8) is 0 Å². The number of methoxy groups -OCH3 is 1. The molecule has 4 aromatic rings. The molecule has 2 N–H and O–H groups in total. The highest BCUT2D eigenvalue weighted by Crippen LogP contribution is 2.34. The van der Waals surface area contributed by atoms with Crippen molar-refractivity contribution in [3.8, 4) is 17.2 Å². The molecule has 1 saturated heterocycles. The number of hydrogen-bond donors (Lipinski definition) is 2. The lowest BCUT2D eigenvalue weighted by molar-refractivity contribution is 0.319. The molecule has 0 saturated carbocycles. The van der Waals surface area contributed by atoms with Gasteiger partial charge in [-0.3, -0.25) is 0 Å². The molecule has 1 aliphatic rings. The first-order valence-corrected chi connectivity index (χ1v) is 12.5. The Balaban J connectivity index is 1.30. The number of aromatic amines is 2. The van der Waals surface area contributed by atoms with Crippen LogP contribution in [0.25, 0.3) is 11.0 Å². The van der Waals surface area contributed by atoms with E-state index in [1.165, 1.54) is 4.31 Å². The van der Waals surface area contributed by atoms with E-state index in [1.807, 2.05) is 30.3 Å². The second kappa shape index (κ2) is 9.00. The number of nitrogens with zero attached hydrogens (tertiary/aromatic N) is 1. The average Bonchev–Trinajstić information content (AvgIpc) is 3.24. The zero-order chi connectivity index (χ0) is 23.7. The van der Waals surface area contributed by atoms with Gasteiger partial charge in [-0.1, -0.05) is 24.3 Å². The third-order valence-corrected chi connectivity index (χ3v) is 8.10. The number of rotatable bonds is 6. The molecule has 1 aromatic heterocycles. The Hall–Kier alpha value is -3.56. The number of aromatic nitrogens is 2. The van der Waals surface area contributed by atoms with Crippen LogP contribution in [0.2, 0.25) is 0 Å². The van der Waals surface area contributed by atoms with Crippen LogP contribution in [-0.4, -0.2) is 42.9 Å². The number of piperidine rings is 1. The number of H-pyrrole nitrogens is 2. The Kier molecular flexibility index (Phi) is 5.89. The van der Waals surface area contributed by atoms with Gasteiger partial charge in [0, 0.05) is 19.2 Å². The molecule has 34 heavy (non-hydrogen) atoms. The molecular formula is C25H25N3O5S. The largest absolute Gasteiger partial charge is 0.493 e. The second-order valence-corrected chi connectivity index (χ2v) is 10.2. The Morgan fingerprint density at radius 3 is 2.38 bits per heavy atom. The molecule has 0 amide bonds. The van der Waals surface area contributed by atoms with Gasteiger partial charge in [0.05, 0.1) is 23.0 Å². The minimum Gasteiger partial charge on any atom is -0.493 e. The van der Waals surface area contributed by atoms with Crippen molar-refractivity contribution >= 4 is 21.1 Å². The average molecular weight is 480 g/mol. The molecular weight excluding hydrogens is 454 g/mol.